The highest BCUT2D eigenvalue weighted by Gasteiger charge is 2.21. The van der Waals surface area contributed by atoms with Crippen LogP contribution >= 0.6 is 0 Å². The van der Waals surface area contributed by atoms with Crippen molar-refractivity contribution in [1.82, 2.24) is 0 Å². The van der Waals surface area contributed by atoms with Crippen LogP contribution in [0.4, 0.5) is 0 Å². The second-order valence-electron chi connectivity index (χ2n) is 2.41. The Morgan fingerprint density at radius 2 is 2.25 bits per heavy atom. The van der Waals surface area contributed by atoms with E-state index in [0.29, 0.717) is 6.29 Å². The zero-order valence-electron chi connectivity index (χ0n) is 6.19. The number of nitro groups is 1. The smallest absolute Gasteiger partial charge is 0.257 e. The highest BCUT2D eigenvalue weighted by Crippen LogP contribution is 2.21. The fraction of sp³-hybridized carbons (Fsp3) is 0.286. The quantitative estimate of drug-likeness (QED) is 0.379. The monoisotopic (exact) mass is 169 g/mol. The molecule has 5 nitrogen and oxygen atoms in total. The molecule has 64 valence electrons. The van der Waals surface area contributed by atoms with E-state index in [-0.39, 0.29) is 29.9 Å². The van der Waals surface area contributed by atoms with Crippen LogP contribution in [0.1, 0.15) is 12.8 Å². The van der Waals surface area contributed by atoms with Crippen LogP contribution in [0.15, 0.2) is 23.1 Å². The minimum atomic E-state index is -0.591. The van der Waals surface area contributed by atoms with E-state index in [1.165, 1.54) is 0 Å². The van der Waals surface area contributed by atoms with Crippen molar-refractivity contribution >= 4 is 6.29 Å². The first-order valence-electron chi connectivity index (χ1n) is 3.37. The van der Waals surface area contributed by atoms with Crippen molar-refractivity contribution in [1.29, 1.82) is 0 Å². The van der Waals surface area contributed by atoms with E-state index in [0.717, 1.165) is 6.08 Å². The average molecular weight is 169 g/mol. The van der Waals surface area contributed by atoms with Gasteiger partial charge < -0.3 is 5.11 Å². The van der Waals surface area contributed by atoms with Gasteiger partial charge >= 0.3 is 0 Å². The van der Waals surface area contributed by atoms with E-state index in [9.17, 15) is 14.9 Å². The first kappa shape index (κ1) is 8.45. The fourth-order valence-electron chi connectivity index (χ4n) is 1.02. The second kappa shape index (κ2) is 3.17. The molecule has 0 atom stereocenters. The second-order valence-corrected chi connectivity index (χ2v) is 2.41. The van der Waals surface area contributed by atoms with Gasteiger partial charge in [-0.2, -0.15) is 0 Å². The minimum Gasteiger partial charge on any atom is -0.512 e. The Kier molecular flexibility index (Phi) is 2.23. The minimum absolute atomic E-state index is 0.0164. The van der Waals surface area contributed by atoms with Crippen LogP contribution in [0.2, 0.25) is 0 Å². The molecule has 5 heteroatoms. The Morgan fingerprint density at radius 1 is 1.58 bits per heavy atom. The maximum atomic E-state index is 10.3. The number of carbonyl (C=O) groups excluding carboxylic acids is 1. The van der Waals surface area contributed by atoms with Gasteiger partial charge in [0.15, 0.2) is 6.29 Å². The summed E-state index contributed by atoms with van der Waals surface area (Å²) in [5, 5.41) is 19.3. The molecule has 0 unspecified atom stereocenters. The highest BCUT2D eigenvalue weighted by molar-refractivity contribution is 5.78. The van der Waals surface area contributed by atoms with Gasteiger partial charge in [0, 0.05) is 12.8 Å². The molecule has 0 heterocycles. The summed E-state index contributed by atoms with van der Waals surface area (Å²) in [5.74, 6) is 0.0164. The van der Waals surface area contributed by atoms with E-state index >= 15 is 0 Å². The Hall–Kier alpha value is -1.65. The van der Waals surface area contributed by atoms with E-state index in [1.54, 1.807) is 0 Å². The third-order valence-electron chi connectivity index (χ3n) is 1.62. The van der Waals surface area contributed by atoms with Gasteiger partial charge in [-0.15, -0.1) is 0 Å². The normalized spacial score (nSPS) is 17.2. The van der Waals surface area contributed by atoms with E-state index in [2.05, 4.69) is 0 Å². The number of carbonyl (C=O) groups is 1. The van der Waals surface area contributed by atoms with Crippen LogP contribution in [0.3, 0.4) is 0 Å². The molecule has 0 amide bonds. The van der Waals surface area contributed by atoms with Crippen molar-refractivity contribution in [2.75, 3.05) is 0 Å². The van der Waals surface area contributed by atoms with Gasteiger partial charge in [-0.1, -0.05) is 0 Å². The number of aldehydes is 1. The molecule has 0 spiro atoms. The average Bonchev–Trinajstić information content (AvgIpc) is 2.03. The third kappa shape index (κ3) is 1.50. The topological polar surface area (TPSA) is 80.4 Å². The maximum Gasteiger partial charge on any atom is 0.257 e. The first-order valence-corrected chi connectivity index (χ1v) is 3.37. The molecule has 0 bridgehead atoms. The molecule has 0 aromatic carbocycles. The number of rotatable bonds is 2. The number of hydrogen-bond acceptors (Lipinski definition) is 4. The molecule has 1 aliphatic rings. The Bertz CT molecular complexity index is 290. The molecule has 0 fully saturated rings. The Labute approximate surface area is 68.2 Å². The predicted molar refractivity (Wildman–Crippen MR) is 40.0 cm³/mol. The lowest BCUT2D eigenvalue weighted by Crippen LogP contribution is -2.08. The van der Waals surface area contributed by atoms with Crippen molar-refractivity contribution in [2.45, 2.75) is 12.8 Å². The predicted octanol–water partition coefficient (Wildman–Crippen LogP) is 0.952. The summed E-state index contributed by atoms with van der Waals surface area (Å²) >= 11 is 0. The number of hydrogen-bond donors (Lipinski definition) is 1. The molecule has 0 saturated heterocycles. The van der Waals surface area contributed by atoms with E-state index < -0.39 is 4.92 Å². The van der Waals surface area contributed by atoms with Crippen molar-refractivity contribution in [3.8, 4) is 0 Å². The van der Waals surface area contributed by atoms with Gasteiger partial charge in [0.25, 0.3) is 5.70 Å². The zero-order chi connectivity index (χ0) is 9.14. The van der Waals surface area contributed by atoms with Crippen LogP contribution in [0.5, 0.6) is 0 Å². The molecule has 0 aromatic rings. The van der Waals surface area contributed by atoms with Crippen LogP contribution in [0, 0.1) is 10.1 Å². The van der Waals surface area contributed by atoms with E-state index in [4.69, 9.17) is 5.11 Å². The van der Waals surface area contributed by atoms with Crippen LogP contribution < -0.4 is 0 Å². The number of allylic oxidation sites excluding steroid dienone is 4. The third-order valence-corrected chi connectivity index (χ3v) is 1.62. The van der Waals surface area contributed by atoms with Gasteiger partial charge in [-0.25, -0.2) is 0 Å². The lowest BCUT2D eigenvalue weighted by Gasteiger charge is -2.06. The molecule has 0 aliphatic heterocycles. The Morgan fingerprint density at radius 3 is 2.75 bits per heavy atom. The SMILES string of the molecule is O=CC1=C([N+](=O)[O-])CCC(O)=C1. The fourth-order valence-corrected chi connectivity index (χ4v) is 1.02. The summed E-state index contributed by atoms with van der Waals surface area (Å²) in [5.41, 5.74) is -0.161. The van der Waals surface area contributed by atoms with Crippen LogP contribution in [-0.4, -0.2) is 16.3 Å². The summed E-state index contributed by atoms with van der Waals surface area (Å²) in [7, 11) is 0. The summed E-state index contributed by atoms with van der Waals surface area (Å²) < 4.78 is 0. The summed E-state index contributed by atoms with van der Waals surface area (Å²) in [6.07, 6.45) is 1.86. The zero-order valence-corrected chi connectivity index (χ0v) is 6.19. The molecule has 1 aliphatic carbocycles. The van der Waals surface area contributed by atoms with E-state index in [1.807, 2.05) is 0 Å². The summed E-state index contributed by atoms with van der Waals surface area (Å²) in [6.45, 7) is 0. The van der Waals surface area contributed by atoms with Gasteiger partial charge in [-0.05, 0) is 6.08 Å². The number of nitrogens with zero attached hydrogens (tertiary/aromatic N) is 1. The summed E-state index contributed by atoms with van der Waals surface area (Å²) in [4.78, 5) is 20.0. The van der Waals surface area contributed by atoms with Crippen molar-refractivity contribution in [3.63, 3.8) is 0 Å². The number of aliphatic hydroxyl groups excluding tert-OH is 1. The Balaban J connectivity index is 3.07. The van der Waals surface area contributed by atoms with Gasteiger partial charge in [-0.3, -0.25) is 14.9 Å². The van der Waals surface area contributed by atoms with Gasteiger partial charge in [0.1, 0.15) is 0 Å². The molecule has 1 N–H and O–H groups in total. The van der Waals surface area contributed by atoms with Crippen molar-refractivity contribution < 1.29 is 14.8 Å². The van der Waals surface area contributed by atoms with Crippen LogP contribution in [0.25, 0.3) is 0 Å². The summed E-state index contributed by atoms with van der Waals surface area (Å²) in [6, 6.07) is 0. The van der Waals surface area contributed by atoms with Gasteiger partial charge in [0.05, 0.1) is 16.3 Å². The number of aliphatic hydroxyl groups is 1. The first-order chi connectivity index (χ1) is 5.65. The molecule has 0 radical (unpaired) electrons. The maximum absolute atomic E-state index is 10.3. The van der Waals surface area contributed by atoms with Crippen molar-refractivity contribution in [3.05, 3.63) is 33.2 Å². The molecular weight excluding hydrogens is 162 g/mol. The van der Waals surface area contributed by atoms with Gasteiger partial charge in [0.2, 0.25) is 0 Å². The van der Waals surface area contributed by atoms with Crippen LogP contribution in [-0.2, 0) is 4.79 Å². The lowest BCUT2D eigenvalue weighted by atomic mass is 10.0. The molecule has 0 saturated carbocycles. The molecule has 0 aromatic heterocycles. The molecule has 12 heavy (non-hydrogen) atoms. The van der Waals surface area contributed by atoms with Crippen molar-refractivity contribution in [2.24, 2.45) is 0 Å². The lowest BCUT2D eigenvalue weighted by molar-refractivity contribution is -0.428. The standard InChI is InChI=1S/C7H7NO4/c9-4-5-3-6(10)1-2-7(5)8(11)12/h3-4,10H,1-2H2. The molecular formula is C7H7NO4. The highest BCUT2D eigenvalue weighted by atomic mass is 16.6. The largest absolute Gasteiger partial charge is 0.512 e. The molecule has 1 rings (SSSR count).